The first kappa shape index (κ1) is 21.8. The van der Waals surface area contributed by atoms with Gasteiger partial charge in [-0.3, -0.25) is 4.79 Å². The molecule has 0 unspecified atom stereocenters. The highest BCUT2D eigenvalue weighted by molar-refractivity contribution is 6.30. The van der Waals surface area contributed by atoms with E-state index >= 15 is 0 Å². The van der Waals surface area contributed by atoms with Gasteiger partial charge in [-0.1, -0.05) is 47.9 Å². The summed E-state index contributed by atoms with van der Waals surface area (Å²) in [4.78, 5) is 17.1. The summed E-state index contributed by atoms with van der Waals surface area (Å²) in [5, 5.41) is 1.67. The van der Waals surface area contributed by atoms with Crippen LogP contribution in [0.5, 0.6) is 0 Å². The summed E-state index contributed by atoms with van der Waals surface area (Å²) in [6.45, 7) is 0. The maximum absolute atomic E-state index is 12.8. The van der Waals surface area contributed by atoms with Crippen LogP contribution in [0.1, 0.15) is 28.3 Å². The van der Waals surface area contributed by atoms with E-state index in [2.05, 4.69) is 23.0 Å². The summed E-state index contributed by atoms with van der Waals surface area (Å²) in [7, 11) is 3.79. The first-order valence-corrected chi connectivity index (χ1v) is 11.3. The molecule has 0 bridgehead atoms. The van der Waals surface area contributed by atoms with Gasteiger partial charge in [-0.2, -0.15) is 0 Å². The molecule has 2 heterocycles. The van der Waals surface area contributed by atoms with Crippen LogP contribution in [0.25, 0.3) is 22.0 Å². The molecule has 166 valence electrons. The molecule has 0 radical (unpaired) electrons. The molecule has 0 fully saturated rings. The van der Waals surface area contributed by atoms with Crippen molar-refractivity contribution in [1.29, 1.82) is 0 Å². The Morgan fingerprint density at radius 3 is 2.44 bits per heavy atom. The summed E-state index contributed by atoms with van der Waals surface area (Å²) >= 11 is 6.18. The van der Waals surface area contributed by atoms with Crippen molar-refractivity contribution in [2.75, 3.05) is 0 Å². The Bertz CT molecular complexity index is 1620. The van der Waals surface area contributed by atoms with Crippen molar-refractivity contribution in [3.63, 3.8) is 0 Å². The minimum absolute atomic E-state index is 0.0590. The number of hydrogen-bond donors (Lipinski definition) is 0. The summed E-state index contributed by atoms with van der Waals surface area (Å²) in [5.41, 5.74) is 6.59. The molecule has 0 N–H and O–H groups in total. The lowest BCUT2D eigenvalue weighted by atomic mass is 9.87. The number of hydrogen-bond acceptors (Lipinski definition) is 2. The smallest absolute Gasteiger partial charge is 0.251 e. The SMILES string of the molecule is C#Cc1cccc(-c2cc(=O)n(C)c3ccc([C@H](c4ccc(Cl)cc4)c4cncn4C)cc23)c1. The predicted octanol–water partition coefficient (Wildman–Crippen LogP) is 5.75. The summed E-state index contributed by atoms with van der Waals surface area (Å²) in [5.74, 6) is 2.63. The van der Waals surface area contributed by atoms with Crippen LogP contribution < -0.4 is 5.56 Å². The number of fused-ring (bicyclic) bond motifs is 1. The van der Waals surface area contributed by atoms with Crippen molar-refractivity contribution in [3.8, 4) is 23.5 Å². The van der Waals surface area contributed by atoms with Crippen molar-refractivity contribution in [2.45, 2.75) is 5.92 Å². The topological polar surface area (TPSA) is 39.8 Å². The van der Waals surface area contributed by atoms with E-state index in [1.807, 2.05) is 72.4 Å². The van der Waals surface area contributed by atoms with Crippen LogP contribution in [-0.2, 0) is 14.1 Å². The lowest BCUT2D eigenvalue weighted by Gasteiger charge is -2.21. The summed E-state index contributed by atoms with van der Waals surface area (Å²) < 4.78 is 3.70. The Kier molecular flexibility index (Phi) is 5.57. The van der Waals surface area contributed by atoms with Crippen LogP contribution in [-0.4, -0.2) is 14.1 Å². The largest absolute Gasteiger partial charge is 0.337 e. The maximum Gasteiger partial charge on any atom is 0.251 e. The zero-order valence-electron chi connectivity index (χ0n) is 18.9. The average molecular weight is 464 g/mol. The van der Waals surface area contributed by atoms with E-state index in [1.165, 1.54) is 0 Å². The second-order valence-corrected chi connectivity index (χ2v) is 8.81. The number of rotatable bonds is 4. The quantitative estimate of drug-likeness (QED) is 0.318. The van der Waals surface area contributed by atoms with Gasteiger partial charge in [0.15, 0.2) is 0 Å². The number of halogens is 1. The first-order chi connectivity index (χ1) is 16.5. The van der Waals surface area contributed by atoms with Crippen molar-refractivity contribution >= 4 is 22.5 Å². The number of imidazole rings is 1. The Morgan fingerprint density at radius 2 is 1.74 bits per heavy atom. The molecule has 0 aliphatic carbocycles. The van der Waals surface area contributed by atoms with E-state index in [0.717, 1.165) is 44.4 Å². The third-order valence-electron chi connectivity index (χ3n) is 6.30. The second kappa shape index (κ2) is 8.70. The highest BCUT2D eigenvalue weighted by atomic mass is 35.5. The molecule has 3 aromatic carbocycles. The van der Waals surface area contributed by atoms with Gasteiger partial charge >= 0.3 is 0 Å². The van der Waals surface area contributed by atoms with E-state index < -0.39 is 0 Å². The number of pyridine rings is 1. The average Bonchev–Trinajstić information content (AvgIpc) is 3.28. The van der Waals surface area contributed by atoms with Crippen molar-refractivity contribution in [3.05, 3.63) is 123 Å². The van der Waals surface area contributed by atoms with Gasteiger partial charge in [0.25, 0.3) is 5.56 Å². The molecule has 5 rings (SSSR count). The number of aryl methyl sites for hydroxylation is 2. The lowest BCUT2D eigenvalue weighted by Crippen LogP contribution is -2.16. The second-order valence-electron chi connectivity index (χ2n) is 8.37. The fraction of sp³-hybridized carbons (Fsp3) is 0.103. The van der Waals surface area contributed by atoms with E-state index in [0.29, 0.717) is 5.02 Å². The molecular formula is C29H22ClN3O. The van der Waals surface area contributed by atoms with Crippen LogP contribution in [0, 0.1) is 12.3 Å². The number of benzene rings is 3. The number of nitrogens with zero attached hydrogens (tertiary/aromatic N) is 3. The normalized spacial score (nSPS) is 11.9. The van der Waals surface area contributed by atoms with Crippen LogP contribution in [0.3, 0.4) is 0 Å². The highest BCUT2D eigenvalue weighted by Crippen LogP contribution is 2.36. The lowest BCUT2D eigenvalue weighted by molar-refractivity contribution is 0.793. The molecule has 0 spiro atoms. The van der Waals surface area contributed by atoms with Gasteiger partial charge in [-0.25, -0.2) is 4.98 Å². The molecule has 5 heteroatoms. The van der Waals surface area contributed by atoms with Gasteiger partial charge in [0.1, 0.15) is 0 Å². The molecule has 4 nitrogen and oxygen atoms in total. The first-order valence-electron chi connectivity index (χ1n) is 10.9. The molecule has 0 saturated carbocycles. The van der Waals surface area contributed by atoms with Crippen molar-refractivity contribution in [2.24, 2.45) is 14.1 Å². The zero-order chi connectivity index (χ0) is 23.8. The minimum atomic E-state index is -0.0674. The molecule has 34 heavy (non-hydrogen) atoms. The van der Waals surface area contributed by atoms with Crippen molar-refractivity contribution in [1.82, 2.24) is 14.1 Å². The Morgan fingerprint density at radius 1 is 0.971 bits per heavy atom. The fourth-order valence-electron chi connectivity index (χ4n) is 4.51. The molecule has 0 aliphatic rings. The third kappa shape index (κ3) is 3.81. The number of terminal acetylenes is 1. The summed E-state index contributed by atoms with van der Waals surface area (Å²) in [6.07, 6.45) is 9.33. The van der Waals surface area contributed by atoms with Crippen LogP contribution in [0.4, 0.5) is 0 Å². The summed E-state index contributed by atoms with van der Waals surface area (Å²) in [6, 6.07) is 23.6. The van der Waals surface area contributed by atoms with Crippen LogP contribution in [0.15, 0.2) is 90.1 Å². The van der Waals surface area contributed by atoms with E-state index in [4.69, 9.17) is 18.0 Å². The molecular weight excluding hydrogens is 442 g/mol. The van der Waals surface area contributed by atoms with Gasteiger partial charge in [0.05, 0.1) is 17.8 Å². The Hall–Kier alpha value is -4.07. The molecule has 2 aromatic heterocycles. The van der Waals surface area contributed by atoms with E-state index in [-0.39, 0.29) is 11.5 Å². The minimum Gasteiger partial charge on any atom is -0.337 e. The van der Waals surface area contributed by atoms with Gasteiger partial charge in [-0.15, -0.1) is 6.42 Å². The molecule has 5 aromatic rings. The van der Waals surface area contributed by atoms with Crippen molar-refractivity contribution < 1.29 is 0 Å². The fourth-order valence-corrected chi connectivity index (χ4v) is 4.63. The monoisotopic (exact) mass is 463 g/mol. The van der Waals surface area contributed by atoms with E-state index in [1.54, 1.807) is 24.0 Å². The molecule has 0 aliphatic heterocycles. The predicted molar refractivity (Wildman–Crippen MR) is 138 cm³/mol. The Labute approximate surface area is 203 Å². The zero-order valence-corrected chi connectivity index (χ0v) is 19.6. The molecule has 1 atom stereocenters. The maximum atomic E-state index is 12.8. The van der Waals surface area contributed by atoms with Gasteiger partial charge in [-0.05, 0) is 58.7 Å². The van der Waals surface area contributed by atoms with Gasteiger partial charge in [0.2, 0.25) is 0 Å². The van der Waals surface area contributed by atoms with Gasteiger partial charge < -0.3 is 9.13 Å². The van der Waals surface area contributed by atoms with Crippen LogP contribution >= 0.6 is 11.6 Å². The van der Waals surface area contributed by atoms with Gasteiger partial charge in [0, 0.05) is 48.0 Å². The third-order valence-corrected chi connectivity index (χ3v) is 6.55. The molecule has 0 amide bonds. The highest BCUT2D eigenvalue weighted by Gasteiger charge is 2.21. The van der Waals surface area contributed by atoms with E-state index in [9.17, 15) is 4.79 Å². The Balaban J connectivity index is 1.79. The van der Waals surface area contributed by atoms with Crippen LogP contribution in [0.2, 0.25) is 5.02 Å². The molecule has 0 saturated heterocycles. The number of aromatic nitrogens is 3. The standard InChI is InChI=1S/C29H22ClN3O/c1-4-19-6-5-7-21(14-19)24-16-28(34)33(3)26-13-10-22(15-25(24)26)29(27-17-31-18-32(27)2)20-8-11-23(30)12-9-20/h1,5-18,29H,2-3H3/t29-/m0/s1.